The zero-order chi connectivity index (χ0) is 20.6. The highest BCUT2D eigenvalue weighted by atomic mass is 127. The van der Waals surface area contributed by atoms with Crippen molar-refractivity contribution in [3.8, 4) is 11.5 Å². The van der Waals surface area contributed by atoms with Crippen LogP contribution in [0.15, 0.2) is 35.9 Å². The summed E-state index contributed by atoms with van der Waals surface area (Å²) in [6, 6.07) is 7.03. The van der Waals surface area contributed by atoms with Gasteiger partial charge in [0.05, 0.1) is 16.4 Å². The lowest BCUT2D eigenvalue weighted by Gasteiger charge is -2.27. The fraction of sp³-hybridized carbons (Fsp3) is 0.105. The van der Waals surface area contributed by atoms with E-state index in [1.807, 2.05) is 22.6 Å². The third-order valence-corrected chi connectivity index (χ3v) is 5.40. The van der Waals surface area contributed by atoms with E-state index in [0.29, 0.717) is 19.7 Å². The van der Waals surface area contributed by atoms with Gasteiger partial charge < -0.3 is 9.84 Å². The smallest absolute Gasteiger partial charge is 0.335 e. The van der Waals surface area contributed by atoms with E-state index in [0.717, 1.165) is 4.90 Å². The molecule has 4 amide bonds. The number of carbonyl (C=O) groups excluding carboxylic acids is 3. The molecule has 1 aliphatic rings. The summed E-state index contributed by atoms with van der Waals surface area (Å²) >= 11 is 8.00. The van der Waals surface area contributed by atoms with Crippen LogP contribution in [0, 0.1) is 10.5 Å². The van der Waals surface area contributed by atoms with Crippen molar-refractivity contribution in [1.29, 1.82) is 0 Å². The Morgan fingerprint density at radius 1 is 1.25 bits per heavy atom. The molecule has 0 atom stereocenters. The fourth-order valence-corrected chi connectivity index (χ4v) is 3.51. The number of nitrogens with one attached hydrogen (secondary N) is 1. The van der Waals surface area contributed by atoms with E-state index in [-0.39, 0.29) is 22.8 Å². The van der Waals surface area contributed by atoms with Crippen molar-refractivity contribution in [2.45, 2.75) is 6.92 Å². The van der Waals surface area contributed by atoms with Crippen LogP contribution in [0.1, 0.15) is 11.1 Å². The maximum Gasteiger partial charge on any atom is 0.335 e. The zero-order valence-electron chi connectivity index (χ0n) is 14.7. The first-order chi connectivity index (χ1) is 13.2. The molecule has 0 aromatic heterocycles. The lowest BCUT2D eigenvalue weighted by Crippen LogP contribution is -2.54. The molecule has 2 N–H and O–H groups in total. The number of imide groups is 2. The van der Waals surface area contributed by atoms with Crippen LogP contribution in [-0.4, -0.2) is 30.1 Å². The SMILES string of the molecule is COc1cc(/C=C2\C(=O)NC(=O)N(c3cccc(Cl)c3C)C2=O)cc(I)c1O. The van der Waals surface area contributed by atoms with Crippen molar-refractivity contribution < 1.29 is 24.2 Å². The number of phenolic OH excluding ortho intramolecular Hbond substituents is 1. The number of hydrogen-bond acceptors (Lipinski definition) is 5. The first-order valence-electron chi connectivity index (χ1n) is 7.97. The van der Waals surface area contributed by atoms with Gasteiger partial charge in [-0.1, -0.05) is 17.7 Å². The number of halogens is 2. The minimum Gasteiger partial charge on any atom is -0.504 e. The van der Waals surface area contributed by atoms with E-state index >= 15 is 0 Å². The molecule has 1 saturated heterocycles. The number of nitrogens with zero attached hydrogens (tertiary/aromatic N) is 1. The molecular weight excluding hydrogens is 499 g/mol. The van der Waals surface area contributed by atoms with E-state index in [1.54, 1.807) is 31.2 Å². The van der Waals surface area contributed by atoms with Gasteiger partial charge in [0.2, 0.25) is 0 Å². The number of barbiturate groups is 1. The summed E-state index contributed by atoms with van der Waals surface area (Å²) in [6.45, 7) is 1.67. The minimum atomic E-state index is -0.851. The molecule has 0 bridgehead atoms. The van der Waals surface area contributed by atoms with E-state index in [4.69, 9.17) is 16.3 Å². The molecule has 0 spiro atoms. The Labute approximate surface area is 179 Å². The number of phenols is 1. The third-order valence-electron chi connectivity index (χ3n) is 4.16. The van der Waals surface area contributed by atoms with Gasteiger partial charge in [0.25, 0.3) is 11.8 Å². The summed E-state index contributed by atoms with van der Waals surface area (Å²) in [4.78, 5) is 38.5. The maximum absolute atomic E-state index is 13.0. The lowest BCUT2D eigenvalue weighted by molar-refractivity contribution is -0.122. The van der Waals surface area contributed by atoms with Crippen molar-refractivity contribution in [2.24, 2.45) is 0 Å². The van der Waals surface area contributed by atoms with E-state index < -0.39 is 17.8 Å². The molecule has 3 rings (SSSR count). The van der Waals surface area contributed by atoms with Gasteiger partial charge in [-0.05, 0) is 71.0 Å². The average molecular weight is 513 g/mol. The molecule has 0 radical (unpaired) electrons. The average Bonchev–Trinajstić information content (AvgIpc) is 2.64. The predicted molar refractivity (Wildman–Crippen MR) is 113 cm³/mol. The number of rotatable bonds is 3. The van der Waals surface area contributed by atoms with Crippen molar-refractivity contribution >= 4 is 63.8 Å². The quantitative estimate of drug-likeness (QED) is 0.372. The van der Waals surface area contributed by atoms with Crippen molar-refractivity contribution in [1.82, 2.24) is 5.32 Å². The highest BCUT2D eigenvalue weighted by Gasteiger charge is 2.37. The van der Waals surface area contributed by atoms with Gasteiger partial charge in [-0.25, -0.2) is 9.69 Å². The molecule has 28 heavy (non-hydrogen) atoms. The van der Waals surface area contributed by atoms with E-state index in [9.17, 15) is 19.5 Å². The highest BCUT2D eigenvalue weighted by Crippen LogP contribution is 2.34. The molecule has 1 aliphatic heterocycles. The number of ether oxygens (including phenoxy) is 1. The minimum absolute atomic E-state index is 0.0453. The zero-order valence-corrected chi connectivity index (χ0v) is 17.7. The first kappa shape index (κ1) is 20.2. The number of benzene rings is 2. The van der Waals surface area contributed by atoms with Crippen LogP contribution in [0.3, 0.4) is 0 Å². The number of carbonyl (C=O) groups is 3. The molecule has 0 saturated carbocycles. The summed E-state index contributed by atoms with van der Waals surface area (Å²) < 4.78 is 5.57. The van der Waals surface area contributed by atoms with Gasteiger partial charge >= 0.3 is 6.03 Å². The van der Waals surface area contributed by atoms with Crippen LogP contribution < -0.4 is 15.0 Å². The topological polar surface area (TPSA) is 95.9 Å². The second-order valence-corrected chi connectivity index (χ2v) is 7.46. The van der Waals surface area contributed by atoms with Crippen LogP contribution in [0.5, 0.6) is 11.5 Å². The summed E-state index contributed by atoms with van der Waals surface area (Å²) in [5.74, 6) is -1.44. The Bertz CT molecular complexity index is 1050. The van der Waals surface area contributed by atoms with Crippen molar-refractivity contribution in [3.63, 3.8) is 0 Å². The number of amides is 4. The molecule has 2 aromatic rings. The molecular formula is C19H14ClIN2O5. The monoisotopic (exact) mass is 512 g/mol. The van der Waals surface area contributed by atoms with E-state index in [2.05, 4.69) is 5.32 Å². The molecule has 2 aromatic carbocycles. The molecule has 7 nitrogen and oxygen atoms in total. The highest BCUT2D eigenvalue weighted by molar-refractivity contribution is 14.1. The second-order valence-electron chi connectivity index (χ2n) is 5.90. The molecule has 0 aliphatic carbocycles. The van der Waals surface area contributed by atoms with Gasteiger partial charge in [0.1, 0.15) is 5.57 Å². The molecule has 1 heterocycles. The van der Waals surface area contributed by atoms with Gasteiger partial charge in [0, 0.05) is 5.02 Å². The largest absolute Gasteiger partial charge is 0.504 e. The van der Waals surface area contributed by atoms with Gasteiger partial charge in [0.15, 0.2) is 11.5 Å². The maximum atomic E-state index is 13.0. The number of anilines is 1. The molecule has 0 unspecified atom stereocenters. The molecule has 9 heteroatoms. The predicted octanol–water partition coefficient (Wildman–Crippen LogP) is 3.63. The van der Waals surface area contributed by atoms with Gasteiger partial charge in [-0.3, -0.25) is 14.9 Å². The lowest BCUT2D eigenvalue weighted by atomic mass is 10.1. The summed E-state index contributed by atoms with van der Waals surface area (Å²) in [7, 11) is 1.39. The summed E-state index contributed by atoms with van der Waals surface area (Å²) in [5.41, 5.74) is 1.03. The van der Waals surface area contributed by atoms with Crippen LogP contribution >= 0.6 is 34.2 Å². The van der Waals surface area contributed by atoms with Crippen LogP contribution in [0.4, 0.5) is 10.5 Å². The summed E-state index contributed by atoms with van der Waals surface area (Å²) in [5, 5.41) is 12.5. The van der Waals surface area contributed by atoms with Crippen LogP contribution in [0.2, 0.25) is 5.02 Å². The number of hydrogen-bond donors (Lipinski definition) is 2. The second kappa shape index (κ2) is 7.80. The Hall–Kier alpha value is -2.59. The van der Waals surface area contributed by atoms with Crippen molar-refractivity contribution in [2.75, 3.05) is 12.0 Å². The molecule has 1 fully saturated rings. The fourth-order valence-electron chi connectivity index (χ4n) is 2.71. The Balaban J connectivity index is 2.09. The van der Waals surface area contributed by atoms with Crippen LogP contribution in [0.25, 0.3) is 6.08 Å². The van der Waals surface area contributed by atoms with Gasteiger partial charge in [-0.15, -0.1) is 0 Å². The van der Waals surface area contributed by atoms with Crippen LogP contribution in [-0.2, 0) is 9.59 Å². The third kappa shape index (κ3) is 3.57. The Morgan fingerprint density at radius 2 is 1.96 bits per heavy atom. The standard InChI is InChI=1S/C19H14ClIN2O5/c1-9-12(20)4-3-5-14(9)23-18(26)11(17(25)22-19(23)27)6-10-7-13(21)16(24)15(8-10)28-2/h3-8,24H,1-2H3,(H,22,25,27)/b11-6+. The van der Waals surface area contributed by atoms with E-state index in [1.165, 1.54) is 19.3 Å². The first-order valence-corrected chi connectivity index (χ1v) is 9.43. The van der Waals surface area contributed by atoms with Gasteiger partial charge in [-0.2, -0.15) is 0 Å². The number of methoxy groups -OCH3 is 1. The number of urea groups is 1. The Morgan fingerprint density at radius 3 is 2.64 bits per heavy atom. The van der Waals surface area contributed by atoms with Crippen molar-refractivity contribution in [3.05, 3.63) is 55.6 Å². The molecule has 144 valence electrons. The Kier molecular flexibility index (Phi) is 5.61. The summed E-state index contributed by atoms with van der Waals surface area (Å²) in [6.07, 6.45) is 1.33. The number of aromatic hydroxyl groups is 1. The normalized spacial score (nSPS) is 15.8.